The minimum Gasteiger partial charge on any atom is -0.460 e. The highest BCUT2D eigenvalue weighted by molar-refractivity contribution is 6.31. The van der Waals surface area contributed by atoms with Gasteiger partial charge in [-0.05, 0) is 31.9 Å². The summed E-state index contributed by atoms with van der Waals surface area (Å²) in [7, 11) is 0. The summed E-state index contributed by atoms with van der Waals surface area (Å²) in [6.07, 6.45) is 2.73. The van der Waals surface area contributed by atoms with Gasteiger partial charge in [-0.15, -0.1) is 0 Å². The fourth-order valence-corrected chi connectivity index (χ4v) is 2.69. The van der Waals surface area contributed by atoms with Crippen LogP contribution in [0, 0.1) is 5.41 Å². The van der Waals surface area contributed by atoms with Crippen LogP contribution in [0.2, 0.25) is 5.02 Å². The Morgan fingerprint density at radius 3 is 2.89 bits per heavy atom. The van der Waals surface area contributed by atoms with E-state index in [4.69, 9.17) is 16.3 Å². The second-order valence-electron chi connectivity index (χ2n) is 5.08. The molecule has 0 amide bonds. The first-order chi connectivity index (χ1) is 9.18. The zero-order valence-corrected chi connectivity index (χ0v) is 12.0. The molecule has 0 bridgehead atoms. The van der Waals surface area contributed by atoms with Crippen LogP contribution >= 0.6 is 11.6 Å². The van der Waals surface area contributed by atoms with Gasteiger partial charge in [0.2, 0.25) is 0 Å². The van der Waals surface area contributed by atoms with Crippen molar-refractivity contribution in [2.24, 2.45) is 5.41 Å². The van der Waals surface area contributed by atoms with Gasteiger partial charge >= 0.3 is 5.97 Å². The Morgan fingerprint density at radius 2 is 2.26 bits per heavy atom. The molecule has 0 radical (unpaired) electrons. The Morgan fingerprint density at radius 1 is 1.47 bits per heavy atom. The van der Waals surface area contributed by atoms with Crippen molar-refractivity contribution in [1.82, 2.24) is 5.32 Å². The third kappa shape index (κ3) is 3.28. The van der Waals surface area contributed by atoms with E-state index in [1.54, 1.807) is 0 Å². The third-order valence-corrected chi connectivity index (χ3v) is 4.27. The summed E-state index contributed by atoms with van der Waals surface area (Å²) in [6, 6.07) is 7.45. The molecule has 0 aromatic heterocycles. The Labute approximate surface area is 119 Å². The zero-order valence-electron chi connectivity index (χ0n) is 11.2. The molecule has 2 rings (SSSR count). The van der Waals surface area contributed by atoms with Crippen LogP contribution in [-0.4, -0.2) is 19.1 Å². The van der Waals surface area contributed by atoms with Crippen LogP contribution in [0.1, 0.15) is 31.7 Å². The molecule has 0 spiro atoms. The lowest BCUT2D eigenvalue weighted by Crippen LogP contribution is -2.45. The van der Waals surface area contributed by atoms with Gasteiger partial charge in [0.1, 0.15) is 6.61 Å². The first-order valence-electron chi connectivity index (χ1n) is 6.79. The van der Waals surface area contributed by atoms with E-state index in [0.29, 0.717) is 11.6 Å². The van der Waals surface area contributed by atoms with Crippen molar-refractivity contribution in [3.63, 3.8) is 0 Å². The smallest absolute Gasteiger partial charge is 0.313 e. The van der Waals surface area contributed by atoms with E-state index in [9.17, 15) is 4.79 Å². The van der Waals surface area contributed by atoms with Crippen molar-refractivity contribution in [1.29, 1.82) is 0 Å². The molecular weight excluding hydrogens is 262 g/mol. The Balaban J connectivity index is 1.98. The molecule has 19 heavy (non-hydrogen) atoms. The molecular formula is C15H20ClNO2. The van der Waals surface area contributed by atoms with Gasteiger partial charge in [-0.2, -0.15) is 0 Å². The van der Waals surface area contributed by atoms with E-state index in [2.05, 4.69) is 5.32 Å². The highest BCUT2D eigenvalue weighted by atomic mass is 35.5. The van der Waals surface area contributed by atoms with Gasteiger partial charge in [-0.1, -0.05) is 36.7 Å². The maximum Gasteiger partial charge on any atom is 0.313 e. The van der Waals surface area contributed by atoms with Crippen molar-refractivity contribution in [2.45, 2.75) is 32.8 Å². The molecule has 1 aromatic rings. The summed E-state index contributed by atoms with van der Waals surface area (Å²) >= 11 is 6.06. The largest absolute Gasteiger partial charge is 0.460 e. The average molecular weight is 282 g/mol. The number of ether oxygens (including phenoxy) is 1. The van der Waals surface area contributed by atoms with Crippen LogP contribution in [0.5, 0.6) is 0 Å². The molecule has 1 saturated heterocycles. The number of benzene rings is 1. The minimum absolute atomic E-state index is 0.109. The van der Waals surface area contributed by atoms with E-state index >= 15 is 0 Å². The van der Waals surface area contributed by atoms with Gasteiger partial charge in [-0.25, -0.2) is 0 Å². The summed E-state index contributed by atoms with van der Waals surface area (Å²) in [4.78, 5) is 12.3. The lowest BCUT2D eigenvalue weighted by atomic mass is 9.78. The van der Waals surface area contributed by atoms with Crippen molar-refractivity contribution in [3.05, 3.63) is 34.9 Å². The second-order valence-corrected chi connectivity index (χ2v) is 5.49. The minimum atomic E-state index is -0.362. The topological polar surface area (TPSA) is 38.3 Å². The number of hydrogen-bond acceptors (Lipinski definition) is 3. The van der Waals surface area contributed by atoms with E-state index in [-0.39, 0.29) is 18.0 Å². The molecule has 1 aromatic carbocycles. The monoisotopic (exact) mass is 281 g/mol. The number of hydrogen-bond donors (Lipinski definition) is 1. The first kappa shape index (κ1) is 14.4. The Hall–Kier alpha value is -1.06. The molecule has 1 aliphatic rings. The van der Waals surface area contributed by atoms with Crippen LogP contribution < -0.4 is 5.32 Å². The summed E-state index contributed by atoms with van der Waals surface area (Å²) in [5, 5.41) is 3.93. The van der Waals surface area contributed by atoms with Gasteiger partial charge in [0.25, 0.3) is 0 Å². The highest BCUT2D eigenvalue weighted by Gasteiger charge is 2.39. The van der Waals surface area contributed by atoms with Gasteiger partial charge in [-0.3, -0.25) is 4.79 Å². The summed E-state index contributed by atoms with van der Waals surface area (Å²) in [5.41, 5.74) is 0.493. The SMILES string of the molecule is CCC1(C(=O)OCc2ccccc2Cl)CCCNC1. The van der Waals surface area contributed by atoms with E-state index in [1.807, 2.05) is 31.2 Å². The molecule has 3 nitrogen and oxygen atoms in total. The molecule has 1 unspecified atom stereocenters. The van der Waals surface area contributed by atoms with Crippen molar-refractivity contribution >= 4 is 17.6 Å². The van der Waals surface area contributed by atoms with Gasteiger partial charge in [0.05, 0.1) is 5.41 Å². The van der Waals surface area contributed by atoms with Crippen LogP contribution in [0.15, 0.2) is 24.3 Å². The predicted molar refractivity (Wildman–Crippen MR) is 76.1 cm³/mol. The van der Waals surface area contributed by atoms with Crippen LogP contribution in [-0.2, 0) is 16.1 Å². The maximum absolute atomic E-state index is 12.3. The van der Waals surface area contributed by atoms with Gasteiger partial charge in [0, 0.05) is 17.1 Å². The van der Waals surface area contributed by atoms with E-state index in [0.717, 1.165) is 31.4 Å². The molecule has 1 fully saturated rings. The first-order valence-corrected chi connectivity index (χ1v) is 7.17. The molecule has 104 valence electrons. The number of piperidine rings is 1. The molecule has 1 atom stereocenters. The van der Waals surface area contributed by atoms with Crippen molar-refractivity contribution < 1.29 is 9.53 Å². The standard InChI is InChI=1S/C15H20ClNO2/c1-2-15(8-5-9-17-11-15)14(18)19-10-12-6-3-4-7-13(12)16/h3-4,6-7,17H,2,5,8-11H2,1H3. The third-order valence-electron chi connectivity index (χ3n) is 3.90. The Bertz CT molecular complexity index is 442. The average Bonchev–Trinajstić information content (AvgIpc) is 2.46. The quantitative estimate of drug-likeness (QED) is 0.862. The number of nitrogens with one attached hydrogen (secondary N) is 1. The second kappa shape index (κ2) is 6.40. The number of halogens is 1. The number of carbonyl (C=O) groups is 1. The lowest BCUT2D eigenvalue weighted by Gasteiger charge is -2.34. The molecule has 0 saturated carbocycles. The fourth-order valence-electron chi connectivity index (χ4n) is 2.50. The van der Waals surface area contributed by atoms with Crippen molar-refractivity contribution in [2.75, 3.05) is 13.1 Å². The highest BCUT2D eigenvalue weighted by Crippen LogP contribution is 2.32. The number of carbonyl (C=O) groups excluding carboxylic acids is 1. The lowest BCUT2D eigenvalue weighted by molar-refractivity contribution is -0.158. The van der Waals surface area contributed by atoms with E-state index in [1.165, 1.54) is 0 Å². The fraction of sp³-hybridized carbons (Fsp3) is 0.533. The van der Waals surface area contributed by atoms with Gasteiger partial charge < -0.3 is 10.1 Å². The zero-order chi connectivity index (χ0) is 13.7. The van der Waals surface area contributed by atoms with Crippen LogP contribution in [0.25, 0.3) is 0 Å². The molecule has 4 heteroatoms. The molecule has 1 aliphatic heterocycles. The molecule has 1 N–H and O–H groups in total. The van der Waals surface area contributed by atoms with Crippen molar-refractivity contribution in [3.8, 4) is 0 Å². The van der Waals surface area contributed by atoms with Crippen LogP contribution in [0.4, 0.5) is 0 Å². The Kier molecular flexibility index (Phi) is 4.83. The predicted octanol–water partition coefficient (Wildman–Crippen LogP) is 3.16. The molecule has 1 heterocycles. The maximum atomic E-state index is 12.3. The summed E-state index contributed by atoms with van der Waals surface area (Å²) in [5.74, 6) is -0.109. The normalized spacial score (nSPS) is 23.1. The summed E-state index contributed by atoms with van der Waals surface area (Å²) < 4.78 is 5.48. The summed E-state index contributed by atoms with van der Waals surface area (Å²) in [6.45, 7) is 3.99. The van der Waals surface area contributed by atoms with E-state index < -0.39 is 0 Å². The molecule has 0 aliphatic carbocycles. The number of rotatable bonds is 4. The van der Waals surface area contributed by atoms with Gasteiger partial charge in [0.15, 0.2) is 0 Å². The number of esters is 1. The van der Waals surface area contributed by atoms with Crippen LogP contribution in [0.3, 0.4) is 0 Å².